The summed E-state index contributed by atoms with van der Waals surface area (Å²) in [5.41, 5.74) is 2.36. The van der Waals surface area contributed by atoms with Gasteiger partial charge < -0.3 is 14.9 Å². The predicted molar refractivity (Wildman–Crippen MR) is 100 cm³/mol. The Morgan fingerprint density at radius 2 is 2.00 bits per heavy atom. The Kier molecular flexibility index (Phi) is 4.97. The van der Waals surface area contributed by atoms with Gasteiger partial charge in [-0.25, -0.2) is 19.9 Å². The predicted octanol–water partition coefficient (Wildman–Crippen LogP) is 1.60. The van der Waals surface area contributed by atoms with E-state index in [1.54, 1.807) is 6.33 Å². The number of fused-ring (bicyclic) bond motifs is 1. The van der Waals surface area contributed by atoms with Crippen LogP contribution in [0.2, 0.25) is 0 Å². The van der Waals surface area contributed by atoms with Gasteiger partial charge in [0.2, 0.25) is 0 Å². The second-order valence-corrected chi connectivity index (χ2v) is 7.15. The zero-order chi connectivity index (χ0) is 17.9. The maximum atomic E-state index is 9.47. The lowest BCUT2D eigenvalue weighted by atomic mass is 9.99. The smallest absolute Gasteiger partial charge is 0.134 e. The average Bonchev–Trinajstić information content (AvgIpc) is 2.73. The Balaban J connectivity index is 1.53. The molecular formula is C19H26N6O. The Hall–Kier alpha value is -2.28. The molecule has 7 nitrogen and oxygen atoms in total. The van der Waals surface area contributed by atoms with Crippen molar-refractivity contribution in [2.45, 2.75) is 39.2 Å². The van der Waals surface area contributed by atoms with Crippen LogP contribution in [0, 0.1) is 5.92 Å². The Labute approximate surface area is 154 Å². The van der Waals surface area contributed by atoms with Gasteiger partial charge in [-0.05, 0) is 30.7 Å². The summed E-state index contributed by atoms with van der Waals surface area (Å²) in [4.78, 5) is 22.6. The van der Waals surface area contributed by atoms with Crippen LogP contribution in [0.4, 0.5) is 11.6 Å². The largest absolute Gasteiger partial charge is 0.396 e. The number of aromatic nitrogens is 4. The van der Waals surface area contributed by atoms with Gasteiger partial charge in [-0.15, -0.1) is 0 Å². The molecule has 4 rings (SSSR count). The minimum absolute atomic E-state index is 0.247. The molecule has 0 aromatic carbocycles. The minimum Gasteiger partial charge on any atom is -0.396 e. The normalized spacial score (nSPS) is 20.2. The van der Waals surface area contributed by atoms with Crippen molar-refractivity contribution in [2.24, 2.45) is 5.92 Å². The van der Waals surface area contributed by atoms with Crippen molar-refractivity contribution in [1.82, 2.24) is 19.9 Å². The molecule has 1 atom stereocenters. The highest BCUT2D eigenvalue weighted by Gasteiger charge is 2.23. The number of rotatable bonds is 4. The molecule has 2 aromatic rings. The first-order valence-corrected chi connectivity index (χ1v) is 9.53. The van der Waals surface area contributed by atoms with Crippen molar-refractivity contribution in [3.63, 3.8) is 0 Å². The van der Waals surface area contributed by atoms with Crippen LogP contribution in [-0.2, 0) is 19.4 Å². The first-order valence-electron chi connectivity index (χ1n) is 9.53. The van der Waals surface area contributed by atoms with E-state index in [0.717, 1.165) is 75.0 Å². The van der Waals surface area contributed by atoms with Crippen molar-refractivity contribution in [3.05, 3.63) is 35.7 Å². The highest BCUT2D eigenvalue weighted by atomic mass is 16.3. The fourth-order valence-corrected chi connectivity index (χ4v) is 3.82. The molecular weight excluding hydrogens is 328 g/mol. The van der Waals surface area contributed by atoms with Gasteiger partial charge in [-0.1, -0.05) is 6.92 Å². The second-order valence-electron chi connectivity index (χ2n) is 7.15. The maximum absolute atomic E-state index is 9.47. The first kappa shape index (κ1) is 17.1. The molecule has 26 heavy (non-hydrogen) atoms. The zero-order valence-electron chi connectivity index (χ0n) is 15.3. The summed E-state index contributed by atoms with van der Waals surface area (Å²) in [6.45, 7) is 5.86. The van der Waals surface area contributed by atoms with Crippen LogP contribution in [0.3, 0.4) is 0 Å². The number of anilines is 2. The third-order valence-corrected chi connectivity index (χ3v) is 5.38. The van der Waals surface area contributed by atoms with E-state index in [1.807, 2.05) is 6.20 Å². The van der Waals surface area contributed by atoms with Crippen LogP contribution >= 0.6 is 0 Å². The lowest BCUT2D eigenvalue weighted by molar-refractivity contribution is 0.208. The van der Waals surface area contributed by atoms with Crippen molar-refractivity contribution in [1.29, 1.82) is 0 Å². The standard InChI is InChI=1S/C19H26N6O/c1-2-17-20-9-15-5-7-25(11-16(15)23-17)19-8-18(21-13-22-19)24-6-3-4-14(10-24)12-26/h8-9,13-14,26H,2-7,10-12H2,1H3. The molecule has 138 valence electrons. The van der Waals surface area contributed by atoms with Gasteiger partial charge in [0.1, 0.15) is 23.8 Å². The molecule has 1 N–H and O–H groups in total. The molecule has 0 spiro atoms. The van der Waals surface area contributed by atoms with E-state index >= 15 is 0 Å². The zero-order valence-corrected chi connectivity index (χ0v) is 15.3. The Bertz CT molecular complexity index is 767. The van der Waals surface area contributed by atoms with Crippen LogP contribution in [-0.4, -0.2) is 51.3 Å². The highest BCUT2D eigenvalue weighted by molar-refractivity contribution is 5.51. The van der Waals surface area contributed by atoms with E-state index in [0.29, 0.717) is 5.92 Å². The third-order valence-electron chi connectivity index (χ3n) is 5.38. The number of hydrogen-bond acceptors (Lipinski definition) is 7. The van der Waals surface area contributed by atoms with Gasteiger partial charge in [0.25, 0.3) is 0 Å². The van der Waals surface area contributed by atoms with E-state index in [9.17, 15) is 5.11 Å². The molecule has 2 aliphatic rings. The quantitative estimate of drug-likeness (QED) is 0.893. The number of aliphatic hydroxyl groups is 1. The molecule has 0 bridgehead atoms. The van der Waals surface area contributed by atoms with E-state index in [1.165, 1.54) is 5.56 Å². The number of hydrogen-bond donors (Lipinski definition) is 1. The second kappa shape index (κ2) is 7.53. The van der Waals surface area contributed by atoms with Crippen LogP contribution in [0.15, 0.2) is 18.6 Å². The number of aryl methyl sites for hydroxylation is 1. The molecule has 0 aliphatic carbocycles. The van der Waals surface area contributed by atoms with Gasteiger partial charge in [0.05, 0.1) is 12.2 Å². The molecule has 1 saturated heterocycles. The molecule has 2 aliphatic heterocycles. The molecule has 2 aromatic heterocycles. The van der Waals surface area contributed by atoms with Gasteiger partial charge in [-0.3, -0.25) is 0 Å². The summed E-state index contributed by atoms with van der Waals surface area (Å²) in [5, 5.41) is 9.47. The summed E-state index contributed by atoms with van der Waals surface area (Å²) >= 11 is 0. The highest BCUT2D eigenvalue weighted by Crippen LogP contribution is 2.26. The average molecular weight is 354 g/mol. The minimum atomic E-state index is 0.247. The fourth-order valence-electron chi connectivity index (χ4n) is 3.82. The summed E-state index contributed by atoms with van der Waals surface area (Å²) < 4.78 is 0. The SMILES string of the molecule is CCc1ncc2c(n1)CN(c1cc(N3CCCC(CO)C3)ncn1)CC2. The Morgan fingerprint density at radius 1 is 1.15 bits per heavy atom. The van der Waals surface area contributed by atoms with E-state index in [4.69, 9.17) is 4.98 Å². The lowest BCUT2D eigenvalue weighted by Crippen LogP contribution is -2.37. The lowest BCUT2D eigenvalue weighted by Gasteiger charge is -2.34. The maximum Gasteiger partial charge on any atom is 0.134 e. The molecule has 7 heteroatoms. The van der Waals surface area contributed by atoms with Gasteiger partial charge in [0, 0.05) is 44.9 Å². The van der Waals surface area contributed by atoms with Crippen LogP contribution < -0.4 is 9.80 Å². The third kappa shape index (κ3) is 3.49. The molecule has 0 saturated carbocycles. The van der Waals surface area contributed by atoms with Crippen LogP contribution in [0.1, 0.15) is 36.8 Å². The van der Waals surface area contributed by atoms with Crippen molar-refractivity contribution < 1.29 is 5.11 Å². The van der Waals surface area contributed by atoms with Crippen molar-refractivity contribution in [3.8, 4) is 0 Å². The summed E-state index contributed by atoms with van der Waals surface area (Å²) in [7, 11) is 0. The van der Waals surface area contributed by atoms with Gasteiger partial charge in [-0.2, -0.15) is 0 Å². The van der Waals surface area contributed by atoms with Gasteiger partial charge in [0.15, 0.2) is 0 Å². The molecule has 1 unspecified atom stereocenters. The van der Waals surface area contributed by atoms with E-state index in [2.05, 4.69) is 37.7 Å². The topological polar surface area (TPSA) is 78.3 Å². The monoisotopic (exact) mass is 354 g/mol. The van der Waals surface area contributed by atoms with Crippen molar-refractivity contribution in [2.75, 3.05) is 36.0 Å². The summed E-state index contributed by atoms with van der Waals surface area (Å²) in [6, 6.07) is 2.08. The Morgan fingerprint density at radius 3 is 2.81 bits per heavy atom. The fraction of sp³-hybridized carbons (Fsp3) is 0.579. The number of nitrogens with zero attached hydrogens (tertiary/aromatic N) is 6. The molecule has 0 radical (unpaired) electrons. The summed E-state index contributed by atoms with van der Waals surface area (Å²) in [5.74, 6) is 3.14. The first-order chi connectivity index (χ1) is 12.8. The van der Waals surface area contributed by atoms with Gasteiger partial charge >= 0.3 is 0 Å². The van der Waals surface area contributed by atoms with E-state index in [-0.39, 0.29) is 6.61 Å². The molecule has 1 fully saturated rings. The van der Waals surface area contributed by atoms with Crippen LogP contribution in [0.25, 0.3) is 0 Å². The number of aliphatic hydroxyl groups excluding tert-OH is 1. The van der Waals surface area contributed by atoms with Crippen LogP contribution in [0.5, 0.6) is 0 Å². The summed E-state index contributed by atoms with van der Waals surface area (Å²) in [6.07, 6.45) is 7.61. The van der Waals surface area contributed by atoms with E-state index < -0.39 is 0 Å². The molecule has 4 heterocycles. The number of piperidine rings is 1. The molecule has 0 amide bonds. The van der Waals surface area contributed by atoms with Crippen molar-refractivity contribution >= 4 is 11.6 Å².